The van der Waals surface area contributed by atoms with E-state index >= 15 is 0 Å². The predicted molar refractivity (Wildman–Crippen MR) is 56.0 cm³/mol. The largest absolute Gasteiger partial charge is 0.356 e. The van der Waals surface area contributed by atoms with E-state index in [4.69, 9.17) is 4.52 Å². The van der Waals surface area contributed by atoms with Crippen LogP contribution in [-0.2, 0) is 4.52 Å². The van der Waals surface area contributed by atoms with Crippen molar-refractivity contribution in [2.45, 2.75) is 25.4 Å². The van der Waals surface area contributed by atoms with Crippen molar-refractivity contribution in [2.75, 3.05) is 0 Å². The molecule has 4 heteroatoms. The highest BCUT2D eigenvalue weighted by Crippen LogP contribution is 2.30. The molecule has 0 spiro atoms. The van der Waals surface area contributed by atoms with Gasteiger partial charge in [0, 0.05) is 27.6 Å². The molecule has 2 atom stereocenters. The Kier molecular flexibility index (Phi) is 2.90. The van der Waals surface area contributed by atoms with Gasteiger partial charge in [0.1, 0.15) is 6.10 Å². The van der Waals surface area contributed by atoms with Gasteiger partial charge in [0.05, 0.1) is 5.69 Å². The van der Waals surface area contributed by atoms with Gasteiger partial charge in [-0.15, -0.1) is 0 Å². The summed E-state index contributed by atoms with van der Waals surface area (Å²) in [5, 5.41) is 0. The Bertz CT molecular complexity index is 354. The van der Waals surface area contributed by atoms with Gasteiger partial charge in [-0.25, -0.2) is 0 Å². The summed E-state index contributed by atoms with van der Waals surface area (Å²) >= 11 is 0. The SMILES string of the molecule is O=C1CCCC(OP)c2ncccc21. The first-order valence-corrected chi connectivity index (χ1v) is 5.13. The van der Waals surface area contributed by atoms with E-state index in [2.05, 4.69) is 14.5 Å². The van der Waals surface area contributed by atoms with Gasteiger partial charge in [-0.05, 0) is 25.0 Å². The fourth-order valence-electron chi connectivity index (χ4n) is 1.76. The molecule has 1 aromatic heterocycles. The summed E-state index contributed by atoms with van der Waals surface area (Å²) in [5.74, 6) is 0.178. The van der Waals surface area contributed by atoms with Gasteiger partial charge in [-0.3, -0.25) is 9.78 Å². The standard InChI is InChI=1S/C10H12NO2P/c12-8-4-1-5-9(13-14)10-7(8)3-2-6-11-10/h2-3,6,9H,1,4-5,14H2. The van der Waals surface area contributed by atoms with E-state index in [-0.39, 0.29) is 11.9 Å². The molecule has 14 heavy (non-hydrogen) atoms. The average molecular weight is 209 g/mol. The molecule has 0 saturated heterocycles. The number of carbonyl (C=O) groups excluding carboxylic acids is 1. The van der Waals surface area contributed by atoms with Crippen molar-refractivity contribution in [3.05, 3.63) is 29.6 Å². The minimum absolute atomic E-state index is 0.0531. The third-order valence-electron chi connectivity index (χ3n) is 2.48. The van der Waals surface area contributed by atoms with Crippen molar-refractivity contribution in [3.8, 4) is 0 Å². The Balaban J connectivity index is 2.47. The van der Waals surface area contributed by atoms with Crippen LogP contribution in [-0.4, -0.2) is 10.8 Å². The van der Waals surface area contributed by atoms with Crippen LogP contribution in [0.15, 0.2) is 18.3 Å². The topological polar surface area (TPSA) is 39.2 Å². The number of pyridine rings is 1. The number of fused-ring (bicyclic) bond motifs is 1. The molecule has 0 radical (unpaired) electrons. The highest BCUT2D eigenvalue weighted by molar-refractivity contribution is 7.09. The van der Waals surface area contributed by atoms with Gasteiger partial charge in [-0.2, -0.15) is 0 Å². The second-order valence-electron chi connectivity index (χ2n) is 3.38. The summed E-state index contributed by atoms with van der Waals surface area (Å²) in [7, 11) is 2.25. The fraction of sp³-hybridized carbons (Fsp3) is 0.400. The van der Waals surface area contributed by atoms with Crippen LogP contribution in [0.25, 0.3) is 0 Å². The first kappa shape index (κ1) is 9.75. The Hall–Kier alpha value is -0.790. The molecule has 0 aromatic carbocycles. The summed E-state index contributed by atoms with van der Waals surface area (Å²) in [4.78, 5) is 15.9. The quantitative estimate of drug-likeness (QED) is 0.526. The molecule has 0 fully saturated rings. The molecule has 1 heterocycles. The third kappa shape index (κ3) is 1.70. The lowest BCUT2D eigenvalue weighted by Crippen LogP contribution is -2.05. The van der Waals surface area contributed by atoms with Crippen LogP contribution < -0.4 is 0 Å². The fourth-order valence-corrected chi connectivity index (χ4v) is 2.03. The number of aromatic nitrogens is 1. The number of Topliss-reactive ketones (excluding diaryl/α,β-unsaturated/α-hetero) is 1. The number of carbonyl (C=O) groups is 1. The summed E-state index contributed by atoms with van der Waals surface area (Å²) in [5.41, 5.74) is 1.50. The normalized spacial score (nSPS) is 21.5. The molecule has 0 amide bonds. The zero-order chi connectivity index (χ0) is 9.97. The zero-order valence-corrected chi connectivity index (χ0v) is 8.93. The van der Waals surface area contributed by atoms with E-state index < -0.39 is 0 Å². The minimum Gasteiger partial charge on any atom is -0.356 e. The summed E-state index contributed by atoms with van der Waals surface area (Å²) in [6.07, 6.45) is 3.98. The molecular weight excluding hydrogens is 197 g/mol. The predicted octanol–water partition coefficient (Wildman–Crippen LogP) is 2.30. The Morgan fingerprint density at radius 1 is 1.57 bits per heavy atom. The van der Waals surface area contributed by atoms with Crippen LogP contribution in [0.3, 0.4) is 0 Å². The molecule has 0 aliphatic heterocycles. The van der Waals surface area contributed by atoms with E-state index in [0.29, 0.717) is 6.42 Å². The average Bonchev–Trinajstić information content (AvgIpc) is 2.39. The molecule has 74 valence electrons. The first-order valence-electron chi connectivity index (χ1n) is 4.66. The number of rotatable bonds is 1. The first-order chi connectivity index (χ1) is 6.83. The van der Waals surface area contributed by atoms with Crippen LogP contribution in [0.2, 0.25) is 0 Å². The second kappa shape index (κ2) is 4.16. The smallest absolute Gasteiger partial charge is 0.164 e. The lowest BCUT2D eigenvalue weighted by atomic mass is 10.1. The van der Waals surface area contributed by atoms with Gasteiger partial charge in [0.15, 0.2) is 5.78 Å². The van der Waals surface area contributed by atoms with Crippen molar-refractivity contribution in [3.63, 3.8) is 0 Å². The number of nitrogens with zero attached hydrogens (tertiary/aromatic N) is 1. The maximum Gasteiger partial charge on any atom is 0.164 e. The van der Waals surface area contributed by atoms with Crippen LogP contribution in [0.5, 0.6) is 0 Å². The van der Waals surface area contributed by atoms with Crippen molar-refractivity contribution >= 4 is 15.2 Å². The Morgan fingerprint density at radius 2 is 2.43 bits per heavy atom. The van der Waals surface area contributed by atoms with Gasteiger partial charge in [0.2, 0.25) is 0 Å². The molecule has 2 unspecified atom stereocenters. The van der Waals surface area contributed by atoms with E-state index in [1.54, 1.807) is 12.3 Å². The highest BCUT2D eigenvalue weighted by Gasteiger charge is 2.23. The second-order valence-corrected chi connectivity index (χ2v) is 3.65. The lowest BCUT2D eigenvalue weighted by Gasteiger charge is -2.12. The van der Waals surface area contributed by atoms with Crippen LogP contribution >= 0.6 is 9.47 Å². The summed E-state index contributed by atoms with van der Waals surface area (Å²) < 4.78 is 5.25. The third-order valence-corrected chi connectivity index (χ3v) is 2.81. The Morgan fingerprint density at radius 3 is 3.21 bits per heavy atom. The van der Waals surface area contributed by atoms with Crippen molar-refractivity contribution in [1.82, 2.24) is 4.98 Å². The van der Waals surface area contributed by atoms with Gasteiger partial charge < -0.3 is 4.52 Å². The highest BCUT2D eigenvalue weighted by atomic mass is 31.0. The maximum absolute atomic E-state index is 11.7. The van der Waals surface area contributed by atoms with E-state index in [1.807, 2.05) is 6.07 Å². The molecular formula is C10H12NO2P. The number of hydrogen-bond acceptors (Lipinski definition) is 3. The van der Waals surface area contributed by atoms with Gasteiger partial charge in [0.25, 0.3) is 0 Å². The minimum atomic E-state index is -0.0531. The van der Waals surface area contributed by atoms with Crippen molar-refractivity contribution in [2.24, 2.45) is 0 Å². The number of ketones is 1. The van der Waals surface area contributed by atoms with Crippen molar-refractivity contribution < 1.29 is 9.32 Å². The molecule has 1 aromatic rings. The summed E-state index contributed by atoms with van der Waals surface area (Å²) in [6, 6.07) is 3.62. The maximum atomic E-state index is 11.7. The molecule has 0 bridgehead atoms. The molecule has 2 rings (SSSR count). The number of hydrogen-bond donors (Lipinski definition) is 0. The zero-order valence-electron chi connectivity index (χ0n) is 7.77. The molecule has 1 aliphatic rings. The van der Waals surface area contributed by atoms with Gasteiger partial charge >= 0.3 is 0 Å². The van der Waals surface area contributed by atoms with E-state index in [0.717, 1.165) is 24.1 Å². The lowest BCUT2D eigenvalue weighted by molar-refractivity contribution is 0.0981. The molecule has 0 saturated carbocycles. The Labute approximate surface area is 85.2 Å². The molecule has 3 nitrogen and oxygen atoms in total. The molecule has 1 aliphatic carbocycles. The van der Waals surface area contributed by atoms with Crippen LogP contribution in [0.4, 0.5) is 0 Å². The van der Waals surface area contributed by atoms with E-state index in [1.165, 1.54) is 0 Å². The van der Waals surface area contributed by atoms with Crippen LogP contribution in [0.1, 0.15) is 41.4 Å². The van der Waals surface area contributed by atoms with Crippen LogP contribution in [0, 0.1) is 0 Å². The summed E-state index contributed by atoms with van der Waals surface area (Å²) in [6.45, 7) is 0. The van der Waals surface area contributed by atoms with E-state index in [9.17, 15) is 4.79 Å². The van der Waals surface area contributed by atoms with Gasteiger partial charge in [-0.1, -0.05) is 0 Å². The van der Waals surface area contributed by atoms with Crippen molar-refractivity contribution in [1.29, 1.82) is 0 Å². The monoisotopic (exact) mass is 209 g/mol. The molecule has 0 N–H and O–H groups in total.